The molecule has 134 valence electrons. The Hall–Kier alpha value is -1.71. The Labute approximate surface area is 150 Å². The maximum Gasteiger partial charge on any atom is 0.131 e. The summed E-state index contributed by atoms with van der Waals surface area (Å²) in [6.45, 7) is 5.08. The van der Waals surface area contributed by atoms with Crippen LogP contribution in [0.4, 0.5) is 4.39 Å². The van der Waals surface area contributed by atoms with E-state index in [0.717, 1.165) is 30.8 Å². The Balaban J connectivity index is 1.66. The van der Waals surface area contributed by atoms with Crippen LogP contribution in [-0.2, 0) is 5.60 Å². The molecule has 2 aromatic rings. The van der Waals surface area contributed by atoms with Gasteiger partial charge in [0, 0.05) is 12.1 Å². The third kappa shape index (κ3) is 4.68. The lowest BCUT2D eigenvalue weighted by Crippen LogP contribution is -2.32. The zero-order valence-electron chi connectivity index (χ0n) is 15.0. The quantitative estimate of drug-likeness (QED) is 0.830. The number of halogens is 1. The van der Waals surface area contributed by atoms with Crippen molar-refractivity contribution in [1.82, 2.24) is 4.90 Å². The molecule has 0 amide bonds. The first-order valence-corrected chi connectivity index (χ1v) is 9.36. The van der Waals surface area contributed by atoms with Crippen LogP contribution in [0.1, 0.15) is 44.6 Å². The van der Waals surface area contributed by atoms with Crippen LogP contribution in [0.2, 0.25) is 0 Å². The van der Waals surface area contributed by atoms with Gasteiger partial charge in [-0.1, -0.05) is 55.3 Å². The van der Waals surface area contributed by atoms with E-state index in [9.17, 15) is 9.50 Å². The van der Waals surface area contributed by atoms with E-state index in [0.29, 0.717) is 12.0 Å². The zero-order chi connectivity index (χ0) is 17.7. The Morgan fingerprint density at radius 3 is 2.24 bits per heavy atom. The van der Waals surface area contributed by atoms with Crippen molar-refractivity contribution in [3.8, 4) is 11.1 Å². The molecule has 1 saturated heterocycles. The van der Waals surface area contributed by atoms with Crippen molar-refractivity contribution in [3.05, 3.63) is 59.9 Å². The van der Waals surface area contributed by atoms with Gasteiger partial charge in [0.2, 0.25) is 0 Å². The second kappa shape index (κ2) is 8.11. The molecule has 0 saturated carbocycles. The van der Waals surface area contributed by atoms with Crippen molar-refractivity contribution in [2.24, 2.45) is 0 Å². The van der Waals surface area contributed by atoms with Crippen molar-refractivity contribution in [3.63, 3.8) is 0 Å². The Morgan fingerprint density at radius 2 is 1.60 bits per heavy atom. The van der Waals surface area contributed by atoms with E-state index in [1.807, 2.05) is 37.3 Å². The minimum Gasteiger partial charge on any atom is -0.385 e. The van der Waals surface area contributed by atoms with Crippen LogP contribution < -0.4 is 0 Å². The minimum absolute atomic E-state index is 0.219. The van der Waals surface area contributed by atoms with E-state index in [-0.39, 0.29) is 5.82 Å². The standard InChI is InChI=1S/C22H28FNO/c1-22(25,14-17-24-15-6-2-3-7-16-24)19-12-10-18(11-13-19)20-8-4-5-9-21(20)23/h4-5,8-13,25H,2-3,6-7,14-17H2,1H3. The lowest BCUT2D eigenvalue weighted by molar-refractivity contribution is 0.0362. The average molecular weight is 341 g/mol. The van der Waals surface area contributed by atoms with Crippen LogP contribution in [0.15, 0.2) is 48.5 Å². The van der Waals surface area contributed by atoms with E-state index in [4.69, 9.17) is 0 Å². The summed E-state index contributed by atoms with van der Waals surface area (Å²) in [6, 6.07) is 14.4. The van der Waals surface area contributed by atoms with Crippen LogP contribution >= 0.6 is 0 Å². The lowest BCUT2D eigenvalue weighted by atomic mass is 9.90. The number of nitrogens with zero attached hydrogens (tertiary/aromatic N) is 1. The fourth-order valence-electron chi connectivity index (χ4n) is 3.58. The molecule has 1 fully saturated rings. The van der Waals surface area contributed by atoms with Crippen molar-refractivity contribution in [2.75, 3.05) is 19.6 Å². The first-order valence-electron chi connectivity index (χ1n) is 9.36. The van der Waals surface area contributed by atoms with Gasteiger partial charge < -0.3 is 10.0 Å². The Bertz CT molecular complexity index is 673. The van der Waals surface area contributed by atoms with Gasteiger partial charge in [0.1, 0.15) is 5.82 Å². The molecule has 0 spiro atoms. The van der Waals surface area contributed by atoms with E-state index in [1.165, 1.54) is 31.7 Å². The molecule has 2 nitrogen and oxygen atoms in total. The van der Waals surface area contributed by atoms with Crippen LogP contribution in [0.3, 0.4) is 0 Å². The zero-order valence-corrected chi connectivity index (χ0v) is 15.0. The molecule has 3 rings (SSSR count). The molecule has 3 heteroatoms. The molecule has 1 aliphatic heterocycles. The predicted molar refractivity (Wildman–Crippen MR) is 101 cm³/mol. The smallest absolute Gasteiger partial charge is 0.131 e. The second-order valence-electron chi connectivity index (χ2n) is 7.34. The first-order chi connectivity index (χ1) is 12.1. The molecule has 0 bridgehead atoms. The van der Waals surface area contributed by atoms with Crippen molar-refractivity contribution >= 4 is 0 Å². The van der Waals surface area contributed by atoms with Crippen molar-refractivity contribution in [2.45, 2.75) is 44.6 Å². The number of hydrogen-bond acceptors (Lipinski definition) is 2. The molecule has 2 aromatic carbocycles. The molecular weight excluding hydrogens is 313 g/mol. The molecule has 1 heterocycles. The van der Waals surface area contributed by atoms with Gasteiger partial charge in [0.25, 0.3) is 0 Å². The van der Waals surface area contributed by atoms with Gasteiger partial charge in [-0.15, -0.1) is 0 Å². The van der Waals surface area contributed by atoms with Crippen LogP contribution in [-0.4, -0.2) is 29.6 Å². The van der Waals surface area contributed by atoms with Gasteiger partial charge in [-0.05, 0) is 56.5 Å². The maximum absolute atomic E-state index is 13.9. The number of aliphatic hydroxyl groups is 1. The largest absolute Gasteiger partial charge is 0.385 e. The molecule has 1 aliphatic rings. The molecule has 0 aromatic heterocycles. The number of rotatable bonds is 5. The molecule has 0 aliphatic carbocycles. The van der Waals surface area contributed by atoms with E-state index >= 15 is 0 Å². The van der Waals surface area contributed by atoms with Gasteiger partial charge in [-0.25, -0.2) is 4.39 Å². The summed E-state index contributed by atoms with van der Waals surface area (Å²) in [4.78, 5) is 2.47. The highest BCUT2D eigenvalue weighted by atomic mass is 19.1. The monoisotopic (exact) mass is 341 g/mol. The summed E-state index contributed by atoms with van der Waals surface area (Å²) in [6.07, 6.45) is 5.89. The highest BCUT2D eigenvalue weighted by Crippen LogP contribution is 2.29. The minimum atomic E-state index is -0.861. The third-order valence-electron chi connectivity index (χ3n) is 5.31. The van der Waals surface area contributed by atoms with E-state index in [1.54, 1.807) is 12.1 Å². The van der Waals surface area contributed by atoms with Crippen molar-refractivity contribution in [1.29, 1.82) is 0 Å². The summed E-state index contributed by atoms with van der Waals surface area (Å²) in [5.74, 6) is -0.219. The second-order valence-corrected chi connectivity index (χ2v) is 7.34. The van der Waals surface area contributed by atoms with Gasteiger partial charge in [0.15, 0.2) is 0 Å². The lowest BCUT2D eigenvalue weighted by Gasteiger charge is -2.28. The van der Waals surface area contributed by atoms with Gasteiger partial charge in [0.05, 0.1) is 5.60 Å². The maximum atomic E-state index is 13.9. The summed E-state index contributed by atoms with van der Waals surface area (Å²) in [7, 11) is 0. The third-order valence-corrected chi connectivity index (χ3v) is 5.31. The SMILES string of the molecule is CC(O)(CCN1CCCCCC1)c1ccc(-c2ccccc2F)cc1. The first kappa shape index (κ1) is 18.1. The summed E-state index contributed by atoms with van der Waals surface area (Å²) in [5.41, 5.74) is 1.46. The fourth-order valence-corrected chi connectivity index (χ4v) is 3.58. The molecule has 1 atom stereocenters. The topological polar surface area (TPSA) is 23.5 Å². The summed E-state index contributed by atoms with van der Waals surface area (Å²) >= 11 is 0. The molecule has 0 radical (unpaired) electrons. The summed E-state index contributed by atoms with van der Waals surface area (Å²) in [5, 5.41) is 10.9. The van der Waals surface area contributed by atoms with Gasteiger partial charge in [-0.3, -0.25) is 0 Å². The van der Waals surface area contributed by atoms with Crippen molar-refractivity contribution < 1.29 is 9.50 Å². The van der Waals surface area contributed by atoms with E-state index in [2.05, 4.69) is 4.90 Å². The molecular formula is C22H28FNO. The highest BCUT2D eigenvalue weighted by molar-refractivity contribution is 5.64. The van der Waals surface area contributed by atoms with Crippen LogP contribution in [0.25, 0.3) is 11.1 Å². The average Bonchev–Trinajstić information content (AvgIpc) is 2.89. The molecule has 1 unspecified atom stereocenters. The number of hydrogen-bond donors (Lipinski definition) is 1. The molecule has 25 heavy (non-hydrogen) atoms. The fraction of sp³-hybridized carbons (Fsp3) is 0.455. The Kier molecular flexibility index (Phi) is 5.87. The molecule has 1 N–H and O–H groups in total. The van der Waals surface area contributed by atoms with Crippen LogP contribution in [0, 0.1) is 5.82 Å². The van der Waals surface area contributed by atoms with Gasteiger partial charge in [-0.2, -0.15) is 0 Å². The highest BCUT2D eigenvalue weighted by Gasteiger charge is 2.24. The van der Waals surface area contributed by atoms with Crippen LogP contribution in [0.5, 0.6) is 0 Å². The normalized spacial score (nSPS) is 18.5. The predicted octanol–water partition coefficient (Wildman–Crippen LogP) is 4.97. The summed E-state index contributed by atoms with van der Waals surface area (Å²) < 4.78 is 13.9. The number of benzene rings is 2. The van der Waals surface area contributed by atoms with Gasteiger partial charge >= 0.3 is 0 Å². The van der Waals surface area contributed by atoms with E-state index < -0.39 is 5.60 Å². The number of likely N-dealkylation sites (tertiary alicyclic amines) is 1. The Morgan fingerprint density at radius 1 is 0.960 bits per heavy atom.